The predicted octanol–water partition coefficient (Wildman–Crippen LogP) is 2.44. The third-order valence-electron chi connectivity index (χ3n) is 3.18. The zero-order valence-corrected chi connectivity index (χ0v) is 15.2. The average molecular weight is 405 g/mol. The van der Waals surface area contributed by atoms with Crippen molar-refractivity contribution in [3.8, 4) is 0 Å². The van der Waals surface area contributed by atoms with Crippen LogP contribution >= 0.6 is 23.8 Å². The van der Waals surface area contributed by atoms with Crippen LogP contribution in [0, 0.1) is 15.5 Å². The van der Waals surface area contributed by atoms with E-state index in [1.807, 2.05) is 0 Å². The lowest BCUT2D eigenvalue weighted by Crippen LogP contribution is -2.42. The Labute approximate surface area is 163 Å². The number of rotatable bonds is 6. The summed E-state index contributed by atoms with van der Waals surface area (Å²) in [5.41, 5.74) is 7.92. The SMILES string of the molecule is N=C(C(=NNc1cccc(Cl)c1)C(=O)NC(N)=S)c1ccc([N+](=O)[O-])cc1. The zero-order valence-electron chi connectivity index (χ0n) is 13.6. The number of anilines is 1. The highest BCUT2D eigenvalue weighted by molar-refractivity contribution is 7.80. The van der Waals surface area contributed by atoms with Gasteiger partial charge >= 0.3 is 0 Å². The Bertz CT molecular complexity index is 945. The quantitative estimate of drug-likeness (QED) is 0.251. The Hall–Kier alpha value is -3.37. The Morgan fingerprint density at radius 2 is 1.93 bits per heavy atom. The number of benzene rings is 2. The van der Waals surface area contributed by atoms with Crippen LogP contribution in [0.25, 0.3) is 0 Å². The van der Waals surface area contributed by atoms with Crippen LogP contribution in [0.3, 0.4) is 0 Å². The Morgan fingerprint density at radius 1 is 1.26 bits per heavy atom. The minimum Gasteiger partial charge on any atom is -0.376 e. The Morgan fingerprint density at radius 3 is 2.48 bits per heavy atom. The topological polar surface area (TPSA) is 146 Å². The summed E-state index contributed by atoms with van der Waals surface area (Å²) in [6.45, 7) is 0. The minimum absolute atomic E-state index is 0.144. The fraction of sp³-hybridized carbons (Fsp3) is 0. The van der Waals surface area contributed by atoms with Gasteiger partial charge in [0.2, 0.25) is 0 Å². The van der Waals surface area contributed by atoms with Gasteiger partial charge in [-0.05, 0) is 42.5 Å². The van der Waals surface area contributed by atoms with E-state index in [0.717, 1.165) is 0 Å². The van der Waals surface area contributed by atoms with Gasteiger partial charge < -0.3 is 5.73 Å². The fourth-order valence-corrected chi connectivity index (χ4v) is 2.24. The van der Waals surface area contributed by atoms with Crippen LogP contribution in [-0.4, -0.2) is 27.4 Å². The van der Waals surface area contributed by atoms with Crippen LogP contribution in [0.15, 0.2) is 53.6 Å². The van der Waals surface area contributed by atoms with Gasteiger partial charge in [-0.1, -0.05) is 17.7 Å². The monoisotopic (exact) mass is 404 g/mol. The number of nitro groups is 1. The first-order valence-corrected chi connectivity index (χ1v) is 8.10. The maximum absolute atomic E-state index is 12.3. The molecule has 9 nitrogen and oxygen atoms in total. The molecular formula is C16H13ClN6O3S. The van der Waals surface area contributed by atoms with E-state index in [1.54, 1.807) is 24.3 Å². The number of halogens is 1. The van der Waals surface area contributed by atoms with Crippen molar-refractivity contribution >= 4 is 57.6 Å². The van der Waals surface area contributed by atoms with Crippen molar-refractivity contribution in [2.45, 2.75) is 0 Å². The molecule has 0 aliphatic carbocycles. The second-order valence-corrected chi connectivity index (χ2v) is 5.96. The van der Waals surface area contributed by atoms with E-state index in [0.29, 0.717) is 10.7 Å². The maximum atomic E-state index is 12.3. The van der Waals surface area contributed by atoms with Crippen molar-refractivity contribution < 1.29 is 9.72 Å². The summed E-state index contributed by atoms with van der Waals surface area (Å²) in [7, 11) is 0. The molecule has 0 radical (unpaired) electrons. The van der Waals surface area contributed by atoms with Crippen molar-refractivity contribution in [1.82, 2.24) is 5.32 Å². The highest BCUT2D eigenvalue weighted by Gasteiger charge is 2.20. The second kappa shape index (κ2) is 8.83. The third kappa shape index (κ3) is 5.56. The molecule has 0 aliphatic heterocycles. The molecule has 2 aromatic rings. The number of non-ortho nitro benzene ring substituents is 1. The molecule has 138 valence electrons. The van der Waals surface area contributed by atoms with E-state index in [4.69, 9.17) is 22.7 Å². The van der Waals surface area contributed by atoms with Gasteiger partial charge in [-0.2, -0.15) is 5.10 Å². The van der Waals surface area contributed by atoms with Crippen molar-refractivity contribution in [2.75, 3.05) is 5.43 Å². The lowest BCUT2D eigenvalue weighted by Gasteiger charge is -2.09. The summed E-state index contributed by atoms with van der Waals surface area (Å²) in [6, 6.07) is 11.7. The molecule has 5 N–H and O–H groups in total. The summed E-state index contributed by atoms with van der Waals surface area (Å²) in [5, 5.41) is 25.3. The molecule has 27 heavy (non-hydrogen) atoms. The number of nitrogens with two attached hydrogens (primary N) is 1. The predicted molar refractivity (Wildman–Crippen MR) is 107 cm³/mol. The number of nitrogens with one attached hydrogen (secondary N) is 3. The highest BCUT2D eigenvalue weighted by Crippen LogP contribution is 2.16. The number of hydrogen-bond acceptors (Lipinski definition) is 7. The molecule has 1 amide bonds. The number of thiocarbonyl (C=S) groups is 1. The molecule has 0 saturated carbocycles. The smallest absolute Gasteiger partial charge is 0.280 e. The number of nitrogens with zero attached hydrogens (tertiary/aromatic N) is 2. The van der Waals surface area contributed by atoms with Gasteiger partial charge in [0.05, 0.1) is 16.3 Å². The number of hydrazone groups is 1. The van der Waals surface area contributed by atoms with Gasteiger partial charge in [0.1, 0.15) is 0 Å². The first-order valence-electron chi connectivity index (χ1n) is 7.31. The number of hydrogen-bond donors (Lipinski definition) is 4. The third-order valence-corrected chi connectivity index (χ3v) is 3.51. The van der Waals surface area contributed by atoms with Crippen molar-refractivity contribution in [2.24, 2.45) is 10.8 Å². The number of amides is 1. The molecule has 0 fully saturated rings. The molecule has 0 spiro atoms. The minimum atomic E-state index is -0.805. The molecule has 0 heterocycles. The first kappa shape index (κ1) is 19.9. The van der Waals surface area contributed by atoms with Crippen LogP contribution in [-0.2, 0) is 4.79 Å². The van der Waals surface area contributed by atoms with Gasteiger partial charge in [0.25, 0.3) is 11.6 Å². The van der Waals surface area contributed by atoms with E-state index in [1.165, 1.54) is 24.3 Å². The second-order valence-electron chi connectivity index (χ2n) is 5.08. The average Bonchev–Trinajstić information content (AvgIpc) is 2.61. The van der Waals surface area contributed by atoms with Gasteiger partial charge in [-0.3, -0.25) is 31.1 Å². The first-order chi connectivity index (χ1) is 12.8. The highest BCUT2D eigenvalue weighted by atomic mass is 35.5. The van der Waals surface area contributed by atoms with Gasteiger partial charge in [0, 0.05) is 22.7 Å². The molecule has 0 saturated heterocycles. The molecule has 0 aromatic heterocycles. The summed E-state index contributed by atoms with van der Waals surface area (Å²) in [6.07, 6.45) is 0. The molecule has 0 bridgehead atoms. The zero-order chi connectivity index (χ0) is 20.0. The van der Waals surface area contributed by atoms with E-state index < -0.39 is 10.8 Å². The van der Waals surface area contributed by atoms with Crippen molar-refractivity contribution in [1.29, 1.82) is 5.41 Å². The van der Waals surface area contributed by atoms with Crippen LogP contribution in [0.2, 0.25) is 5.02 Å². The maximum Gasteiger partial charge on any atom is 0.280 e. The van der Waals surface area contributed by atoms with Crippen LogP contribution in [0.1, 0.15) is 5.56 Å². The van der Waals surface area contributed by atoms with Crippen LogP contribution in [0.4, 0.5) is 11.4 Å². The fourth-order valence-electron chi connectivity index (χ4n) is 1.96. The van der Waals surface area contributed by atoms with E-state index in [9.17, 15) is 14.9 Å². The van der Waals surface area contributed by atoms with Gasteiger partial charge in [-0.25, -0.2) is 0 Å². The summed E-state index contributed by atoms with van der Waals surface area (Å²) < 4.78 is 0. The molecule has 11 heteroatoms. The summed E-state index contributed by atoms with van der Waals surface area (Å²) in [4.78, 5) is 22.5. The molecule has 0 unspecified atom stereocenters. The van der Waals surface area contributed by atoms with Crippen molar-refractivity contribution in [3.63, 3.8) is 0 Å². The van der Waals surface area contributed by atoms with E-state index in [2.05, 4.69) is 28.1 Å². The van der Waals surface area contributed by atoms with Gasteiger partial charge in [0.15, 0.2) is 10.8 Å². The van der Waals surface area contributed by atoms with Crippen LogP contribution in [0.5, 0.6) is 0 Å². The molecule has 2 rings (SSSR count). The standard InChI is InChI=1S/C16H13ClN6O3S/c17-10-2-1-3-11(8-10)21-22-14(15(24)20-16(19)27)13(18)9-4-6-12(7-5-9)23(25)26/h1-8,18,21H,(H3,19,20,24,27). The van der Waals surface area contributed by atoms with Crippen LogP contribution < -0.4 is 16.5 Å². The van der Waals surface area contributed by atoms with Gasteiger partial charge in [-0.15, -0.1) is 0 Å². The lowest BCUT2D eigenvalue weighted by molar-refractivity contribution is -0.384. The largest absolute Gasteiger partial charge is 0.376 e. The summed E-state index contributed by atoms with van der Waals surface area (Å²) >= 11 is 10.5. The molecule has 2 aromatic carbocycles. The number of carbonyl (C=O) groups is 1. The van der Waals surface area contributed by atoms with E-state index in [-0.39, 0.29) is 27.8 Å². The Balaban J connectivity index is 2.34. The number of carbonyl (C=O) groups excluding carboxylic acids is 1. The molecule has 0 atom stereocenters. The Kier molecular flexibility index (Phi) is 6.52. The molecule has 0 aliphatic rings. The summed E-state index contributed by atoms with van der Waals surface area (Å²) in [5.74, 6) is -0.805. The molecular weight excluding hydrogens is 392 g/mol. The lowest BCUT2D eigenvalue weighted by atomic mass is 10.1. The van der Waals surface area contributed by atoms with Crippen molar-refractivity contribution in [3.05, 3.63) is 69.2 Å². The number of nitro benzene ring substituents is 1. The normalized spacial score (nSPS) is 10.8. The van der Waals surface area contributed by atoms with E-state index >= 15 is 0 Å².